The molecule has 0 unspecified atom stereocenters. The Morgan fingerprint density at radius 3 is 2.95 bits per heavy atom. The molecule has 6 nitrogen and oxygen atoms in total. The summed E-state index contributed by atoms with van der Waals surface area (Å²) in [4.78, 5) is 4.28. The van der Waals surface area contributed by atoms with Gasteiger partial charge in [0, 0.05) is 17.3 Å². The summed E-state index contributed by atoms with van der Waals surface area (Å²) in [6.07, 6.45) is 3.39. The predicted molar refractivity (Wildman–Crippen MR) is 71.7 cm³/mol. The van der Waals surface area contributed by atoms with E-state index in [4.69, 9.17) is 4.52 Å². The van der Waals surface area contributed by atoms with Gasteiger partial charge in [-0.25, -0.2) is 4.39 Å². The van der Waals surface area contributed by atoms with Gasteiger partial charge in [-0.05, 0) is 30.3 Å². The first kappa shape index (κ1) is 11.7. The van der Waals surface area contributed by atoms with E-state index in [2.05, 4.69) is 20.3 Å². The third-order valence-corrected chi connectivity index (χ3v) is 3.05. The molecule has 1 aromatic carbocycles. The van der Waals surface area contributed by atoms with Gasteiger partial charge in [-0.2, -0.15) is 4.98 Å². The number of hydrogen-bond donors (Lipinski definition) is 0. The van der Waals surface area contributed by atoms with Crippen LogP contribution < -0.4 is 0 Å². The maximum absolute atomic E-state index is 13.2. The molecule has 7 heteroatoms. The second-order valence-corrected chi connectivity index (χ2v) is 4.45. The van der Waals surface area contributed by atoms with Gasteiger partial charge in [0.2, 0.25) is 5.82 Å². The lowest BCUT2D eigenvalue weighted by atomic mass is 10.2. The van der Waals surface area contributed by atoms with Crippen molar-refractivity contribution in [2.75, 3.05) is 0 Å². The molecule has 0 aliphatic carbocycles. The molecular formula is C14H8FN5O. The summed E-state index contributed by atoms with van der Waals surface area (Å²) in [6.45, 7) is 0. The van der Waals surface area contributed by atoms with E-state index in [0.717, 1.165) is 11.2 Å². The highest BCUT2D eigenvalue weighted by molar-refractivity contribution is 5.60. The van der Waals surface area contributed by atoms with Crippen molar-refractivity contribution in [2.24, 2.45) is 0 Å². The number of aromatic nitrogens is 5. The molecule has 0 bridgehead atoms. The van der Waals surface area contributed by atoms with Crippen molar-refractivity contribution in [1.82, 2.24) is 24.7 Å². The number of hydrogen-bond acceptors (Lipinski definition) is 5. The minimum absolute atomic E-state index is 0.272. The van der Waals surface area contributed by atoms with Crippen LogP contribution in [-0.2, 0) is 0 Å². The maximum atomic E-state index is 13.2. The number of benzene rings is 1. The zero-order valence-corrected chi connectivity index (χ0v) is 10.6. The normalized spacial score (nSPS) is 11.1. The number of nitrogens with zero attached hydrogens (tertiary/aromatic N) is 5. The summed E-state index contributed by atoms with van der Waals surface area (Å²) in [6, 6.07) is 9.65. The van der Waals surface area contributed by atoms with Crippen LogP contribution in [0.4, 0.5) is 4.39 Å². The minimum atomic E-state index is -0.349. The van der Waals surface area contributed by atoms with Crippen LogP contribution in [0, 0.1) is 5.82 Å². The van der Waals surface area contributed by atoms with Crippen molar-refractivity contribution in [2.45, 2.75) is 0 Å². The summed E-state index contributed by atoms with van der Waals surface area (Å²) < 4.78 is 20.2. The van der Waals surface area contributed by atoms with Crippen LogP contribution in [0.25, 0.3) is 28.5 Å². The van der Waals surface area contributed by atoms with E-state index in [1.54, 1.807) is 35.1 Å². The molecule has 4 aromatic rings. The van der Waals surface area contributed by atoms with E-state index in [9.17, 15) is 4.39 Å². The Morgan fingerprint density at radius 2 is 2.05 bits per heavy atom. The van der Waals surface area contributed by atoms with Crippen molar-refractivity contribution in [1.29, 1.82) is 0 Å². The van der Waals surface area contributed by atoms with Crippen molar-refractivity contribution in [3.63, 3.8) is 0 Å². The number of fused-ring (bicyclic) bond motifs is 1. The Morgan fingerprint density at radius 1 is 1.10 bits per heavy atom. The van der Waals surface area contributed by atoms with Crippen LogP contribution >= 0.6 is 0 Å². The third-order valence-electron chi connectivity index (χ3n) is 3.05. The Hall–Kier alpha value is -3.09. The van der Waals surface area contributed by atoms with Gasteiger partial charge in [0.1, 0.15) is 12.1 Å². The standard InChI is InChI=1S/C14H8FN5O/c15-11-3-1-2-9(6-11)14-17-13(19-21-14)10-4-5-12-18-16-8-20(12)7-10/h1-8H. The molecule has 4 rings (SSSR count). The van der Waals surface area contributed by atoms with E-state index < -0.39 is 0 Å². The van der Waals surface area contributed by atoms with Crippen molar-refractivity contribution in [3.05, 3.63) is 54.7 Å². The highest BCUT2D eigenvalue weighted by Crippen LogP contribution is 2.22. The average molecular weight is 281 g/mol. The van der Waals surface area contributed by atoms with Crippen molar-refractivity contribution >= 4 is 5.65 Å². The fourth-order valence-electron chi connectivity index (χ4n) is 2.04. The molecule has 0 amide bonds. The van der Waals surface area contributed by atoms with Gasteiger partial charge < -0.3 is 4.52 Å². The van der Waals surface area contributed by atoms with E-state index in [1.165, 1.54) is 12.1 Å². The van der Waals surface area contributed by atoms with Crippen LogP contribution in [0.15, 0.2) is 53.4 Å². The molecule has 0 aliphatic heterocycles. The van der Waals surface area contributed by atoms with Crippen molar-refractivity contribution < 1.29 is 8.91 Å². The van der Waals surface area contributed by atoms with Crippen LogP contribution in [-0.4, -0.2) is 24.7 Å². The molecule has 21 heavy (non-hydrogen) atoms. The Kier molecular flexibility index (Phi) is 2.50. The van der Waals surface area contributed by atoms with Gasteiger partial charge in [-0.3, -0.25) is 4.40 Å². The van der Waals surface area contributed by atoms with E-state index >= 15 is 0 Å². The monoisotopic (exact) mass is 281 g/mol. The van der Waals surface area contributed by atoms with Crippen LogP contribution in [0.5, 0.6) is 0 Å². The molecule has 0 aliphatic rings. The molecule has 0 fully saturated rings. The number of rotatable bonds is 2. The quantitative estimate of drug-likeness (QED) is 0.565. The second-order valence-electron chi connectivity index (χ2n) is 4.45. The molecule has 0 saturated carbocycles. The van der Waals surface area contributed by atoms with Gasteiger partial charge in [0.25, 0.3) is 5.89 Å². The Labute approximate surface area is 117 Å². The van der Waals surface area contributed by atoms with Gasteiger partial charge >= 0.3 is 0 Å². The van der Waals surface area contributed by atoms with E-state index in [1.807, 2.05) is 6.07 Å². The topological polar surface area (TPSA) is 69.1 Å². The fraction of sp³-hybridized carbons (Fsp3) is 0. The number of pyridine rings is 1. The summed E-state index contributed by atoms with van der Waals surface area (Å²) in [5.41, 5.74) is 2.03. The van der Waals surface area contributed by atoms with Gasteiger partial charge in [0.05, 0.1) is 0 Å². The van der Waals surface area contributed by atoms with Crippen LogP contribution in [0.2, 0.25) is 0 Å². The highest BCUT2D eigenvalue weighted by atomic mass is 19.1. The molecule has 0 spiro atoms. The SMILES string of the molecule is Fc1cccc(-c2nc(-c3ccc4nncn4c3)no2)c1. The molecule has 102 valence electrons. The fourth-order valence-corrected chi connectivity index (χ4v) is 2.04. The van der Waals surface area contributed by atoms with Crippen LogP contribution in [0.3, 0.4) is 0 Å². The molecular weight excluding hydrogens is 273 g/mol. The highest BCUT2D eigenvalue weighted by Gasteiger charge is 2.11. The summed E-state index contributed by atoms with van der Waals surface area (Å²) in [7, 11) is 0. The maximum Gasteiger partial charge on any atom is 0.258 e. The lowest BCUT2D eigenvalue weighted by Crippen LogP contribution is -1.87. The third kappa shape index (κ3) is 2.04. The van der Waals surface area contributed by atoms with E-state index in [-0.39, 0.29) is 11.7 Å². The Bertz CT molecular complexity index is 930. The summed E-state index contributed by atoms with van der Waals surface area (Å²) in [5.74, 6) is 0.344. The van der Waals surface area contributed by atoms with Crippen LogP contribution in [0.1, 0.15) is 0 Å². The van der Waals surface area contributed by atoms with Gasteiger partial charge in [0.15, 0.2) is 5.65 Å². The smallest absolute Gasteiger partial charge is 0.258 e. The molecule has 3 heterocycles. The first-order chi connectivity index (χ1) is 10.3. The average Bonchev–Trinajstić information content (AvgIpc) is 3.15. The molecule has 0 radical (unpaired) electrons. The molecule has 3 aromatic heterocycles. The zero-order chi connectivity index (χ0) is 14.2. The first-order valence-electron chi connectivity index (χ1n) is 6.19. The Balaban J connectivity index is 1.76. The zero-order valence-electron chi connectivity index (χ0n) is 10.6. The first-order valence-corrected chi connectivity index (χ1v) is 6.19. The second kappa shape index (κ2) is 4.48. The summed E-state index contributed by atoms with van der Waals surface area (Å²) in [5, 5.41) is 11.6. The summed E-state index contributed by atoms with van der Waals surface area (Å²) >= 11 is 0. The van der Waals surface area contributed by atoms with Gasteiger partial charge in [-0.15, -0.1) is 10.2 Å². The largest absolute Gasteiger partial charge is 0.334 e. The predicted octanol–water partition coefficient (Wildman–Crippen LogP) is 2.59. The minimum Gasteiger partial charge on any atom is -0.334 e. The number of halogens is 1. The molecule has 0 saturated heterocycles. The van der Waals surface area contributed by atoms with E-state index in [0.29, 0.717) is 11.4 Å². The molecule has 0 atom stereocenters. The lowest BCUT2D eigenvalue weighted by Gasteiger charge is -1.95. The lowest BCUT2D eigenvalue weighted by molar-refractivity contribution is 0.432. The van der Waals surface area contributed by atoms with Gasteiger partial charge in [-0.1, -0.05) is 11.2 Å². The molecule has 0 N–H and O–H groups in total. The van der Waals surface area contributed by atoms with Crippen molar-refractivity contribution in [3.8, 4) is 22.8 Å².